The smallest absolute Gasteiger partial charge is 0.259 e. The quantitative estimate of drug-likeness (QED) is 0.769. The summed E-state index contributed by atoms with van der Waals surface area (Å²) >= 11 is 1.60. The molecule has 7 heteroatoms. The third-order valence-electron chi connectivity index (χ3n) is 4.94. The molecule has 0 bridgehead atoms. The number of nitrogens with zero attached hydrogens (tertiary/aromatic N) is 3. The number of aryl methyl sites for hydroxylation is 3. The lowest BCUT2D eigenvalue weighted by Crippen LogP contribution is -2.13. The number of fused-ring (bicyclic) bond motifs is 2. The fraction of sp³-hybridized carbons (Fsp3) is 0.444. The average molecular weight is 354 g/mol. The Morgan fingerprint density at radius 3 is 2.92 bits per heavy atom. The zero-order valence-electron chi connectivity index (χ0n) is 14.0. The van der Waals surface area contributed by atoms with Crippen molar-refractivity contribution in [3.05, 3.63) is 33.6 Å². The highest BCUT2D eigenvalue weighted by atomic mass is 32.1. The summed E-state index contributed by atoms with van der Waals surface area (Å²) in [5, 5.41) is 8.35. The van der Waals surface area contributed by atoms with E-state index in [0.29, 0.717) is 33.4 Å². The molecule has 0 saturated heterocycles. The van der Waals surface area contributed by atoms with Gasteiger partial charge in [0.2, 0.25) is 0 Å². The van der Waals surface area contributed by atoms with E-state index in [2.05, 4.69) is 20.4 Å². The molecule has 6 nitrogen and oxygen atoms in total. The van der Waals surface area contributed by atoms with Gasteiger partial charge in [0.25, 0.3) is 11.6 Å². The SMILES string of the molecule is Cc1noc2nc(C3CC3)cc(C(=O)Nc3nc4c(s3)CCCC4)c12. The number of carbonyl (C=O) groups excluding carboxylic acids is 1. The molecule has 2 aliphatic rings. The third-order valence-corrected chi connectivity index (χ3v) is 6.02. The van der Waals surface area contributed by atoms with Gasteiger partial charge in [-0.1, -0.05) is 5.16 Å². The Labute approximate surface area is 148 Å². The van der Waals surface area contributed by atoms with Crippen molar-refractivity contribution < 1.29 is 9.32 Å². The number of amides is 1. The van der Waals surface area contributed by atoms with Gasteiger partial charge in [-0.25, -0.2) is 9.97 Å². The fourth-order valence-electron chi connectivity index (χ4n) is 3.45. The van der Waals surface area contributed by atoms with Crippen molar-refractivity contribution in [2.24, 2.45) is 0 Å². The number of nitrogens with one attached hydrogen (secondary N) is 1. The Hall–Kier alpha value is -2.28. The minimum absolute atomic E-state index is 0.160. The molecule has 1 saturated carbocycles. The second-order valence-electron chi connectivity index (χ2n) is 6.87. The monoisotopic (exact) mass is 354 g/mol. The van der Waals surface area contributed by atoms with Crippen LogP contribution < -0.4 is 5.32 Å². The van der Waals surface area contributed by atoms with Gasteiger partial charge in [0.15, 0.2) is 5.13 Å². The molecular formula is C18H18N4O2S. The number of aromatic nitrogens is 3. The molecule has 3 aromatic rings. The fourth-order valence-corrected chi connectivity index (χ4v) is 4.50. The zero-order chi connectivity index (χ0) is 17.0. The van der Waals surface area contributed by atoms with Crippen molar-refractivity contribution in [2.45, 2.75) is 51.4 Å². The van der Waals surface area contributed by atoms with Crippen LogP contribution in [0.5, 0.6) is 0 Å². The number of hydrogen-bond donors (Lipinski definition) is 1. The molecule has 128 valence electrons. The van der Waals surface area contributed by atoms with Crippen LogP contribution in [0, 0.1) is 6.92 Å². The molecule has 3 aromatic heterocycles. The Morgan fingerprint density at radius 1 is 1.28 bits per heavy atom. The number of carbonyl (C=O) groups is 1. The second-order valence-corrected chi connectivity index (χ2v) is 7.95. The molecule has 5 rings (SSSR count). The van der Waals surface area contributed by atoms with E-state index in [1.165, 1.54) is 17.7 Å². The number of hydrogen-bond acceptors (Lipinski definition) is 6. The Bertz CT molecular complexity index is 963. The summed E-state index contributed by atoms with van der Waals surface area (Å²) < 4.78 is 5.32. The van der Waals surface area contributed by atoms with Crippen molar-refractivity contribution >= 4 is 33.5 Å². The molecule has 2 aliphatic carbocycles. The lowest BCUT2D eigenvalue weighted by Gasteiger charge is -2.06. The number of thiazole rings is 1. The molecule has 0 radical (unpaired) electrons. The van der Waals surface area contributed by atoms with Crippen LogP contribution >= 0.6 is 11.3 Å². The van der Waals surface area contributed by atoms with E-state index in [4.69, 9.17) is 4.52 Å². The maximum absolute atomic E-state index is 12.9. The molecular weight excluding hydrogens is 336 g/mol. The lowest BCUT2D eigenvalue weighted by molar-refractivity contribution is 0.102. The predicted molar refractivity (Wildman–Crippen MR) is 95.2 cm³/mol. The van der Waals surface area contributed by atoms with Gasteiger partial charge >= 0.3 is 0 Å². The number of pyridine rings is 1. The summed E-state index contributed by atoms with van der Waals surface area (Å²) in [5.74, 6) is 0.278. The first-order valence-corrected chi connectivity index (χ1v) is 9.57. The first-order chi connectivity index (χ1) is 12.2. The summed E-state index contributed by atoms with van der Waals surface area (Å²) in [4.78, 5) is 23.4. The topological polar surface area (TPSA) is 80.9 Å². The van der Waals surface area contributed by atoms with Crippen LogP contribution in [0.1, 0.15) is 63.9 Å². The van der Waals surface area contributed by atoms with E-state index in [1.807, 2.05) is 13.0 Å². The van der Waals surface area contributed by atoms with E-state index in [9.17, 15) is 4.79 Å². The van der Waals surface area contributed by atoms with Crippen molar-refractivity contribution in [1.82, 2.24) is 15.1 Å². The van der Waals surface area contributed by atoms with E-state index in [0.717, 1.165) is 37.1 Å². The van der Waals surface area contributed by atoms with Crippen molar-refractivity contribution in [3.8, 4) is 0 Å². The summed E-state index contributed by atoms with van der Waals surface area (Å²) in [6.45, 7) is 1.84. The minimum Gasteiger partial charge on any atom is -0.336 e. The second kappa shape index (κ2) is 5.62. The molecule has 0 unspecified atom stereocenters. The highest BCUT2D eigenvalue weighted by Crippen LogP contribution is 2.40. The zero-order valence-corrected chi connectivity index (χ0v) is 14.8. The van der Waals surface area contributed by atoms with Crippen LogP contribution in [0.4, 0.5) is 5.13 Å². The number of anilines is 1. The molecule has 0 aliphatic heterocycles. The predicted octanol–water partition coefficient (Wildman–Crippen LogP) is 4.00. The normalized spacial score (nSPS) is 16.8. The highest BCUT2D eigenvalue weighted by molar-refractivity contribution is 7.15. The van der Waals surface area contributed by atoms with E-state index in [-0.39, 0.29) is 5.91 Å². The van der Waals surface area contributed by atoms with Gasteiger partial charge in [0.1, 0.15) is 0 Å². The van der Waals surface area contributed by atoms with Gasteiger partial charge in [-0.2, -0.15) is 0 Å². The largest absolute Gasteiger partial charge is 0.336 e. The van der Waals surface area contributed by atoms with Crippen LogP contribution in [-0.4, -0.2) is 21.0 Å². The average Bonchev–Trinajstić information content (AvgIpc) is 3.29. The summed E-state index contributed by atoms with van der Waals surface area (Å²) in [7, 11) is 0. The van der Waals surface area contributed by atoms with Crippen LogP contribution in [0.15, 0.2) is 10.6 Å². The highest BCUT2D eigenvalue weighted by Gasteiger charge is 2.29. The molecule has 1 N–H and O–H groups in total. The van der Waals surface area contributed by atoms with Crippen molar-refractivity contribution in [1.29, 1.82) is 0 Å². The first-order valence-electron chi connectivity index (χ1n) is 8.76. The minimum atomic E-state index is -0.160. The van der Waals surface area contributed by atoms with Crippen molar-refractivity contribution in [3.63, 3.8) is 0 Å². The van der Waals surface area contributed by atoms with Crippen LogP contribution in [-0.2, 0) is 12.8 Å². The van der Waals surface area contributed by atoms with E-state index in [1.54, 1.807) is 11.3 Å². The molecule has 1 fully saturated rings. The summed E-state index contributed by atoms with van der Waals surface area (Å²) in [6.07, 6.45) is 6.70. The van der Waals surface area contributed by atoms with Gasteiger partial charge in [-0.3, -0.25) is 10.1 Å². The number of rotatable bonds is 3. The van der Waals surface area contributed by atoms with Gasteiger partial charge in [-0.15, -0.1) is 11.3 Å². The maximum atomic E-state index is 12.9. The summed E-state index contributed by atoms with van der Waals surface area (Å²) in [5.41, 5.74) is 3.79. The Balaban J connectivity index is 1.52. The van der Waals surface area contributed by atoms with Crippen LogP contribution in [0.25, 0.3) is 11.1 Å². The first kappa shape index (κ1) is 15.0. The third kappa shape index (κ3) is 2.63. The molecule has 0 atom stereocenters. The summed E-state index contributed by atoms with van der Waals surface area (Å²) in [6, 6.07) is 1.90. The van der Waals surface area contributed by atoms with Crippen LogP contribution in [0.3, 0.4) is 0 Å². The molecule has 0 aromatic carbocycles. The van der Waals surface area contributed by atoms with Gasteiger partial charge in [0, 0.05) is 16.5 Å². The van der Waals surface area contributed by atoms with E-state index >= 15 is 0 Å². The maximum Gasteiger partial charge on any atom is 0.259 e. The molecule has 3 heterocycles. The van der Waals surface area contributed by atoms with Gasteiger partial charge in [0.05, 0.1) is 22.3 Å². The Morgan fingerprint density at radius 2 is 2.12 bits per heavy atom. The standard InChI is InChI=1S/C18H18N4O2S/c1-9-15-11(8-13(10-6-7-10)19-17(15)24-22-9)16(23)21-18-20-12-4-2-3-5-14(12)25-18/h8,10H,2-7H2,1H3,(H,20,21,23). The van der Waals surface area contributed by atoms with Crippen LogP contribution in [0.2, 0.25) is 0 Å². The lowest BCUT2D eigenvalue weighted by atomic mass is 10.0. The molecule has 25 heavy (non-hydrogen) atoms. The van der Waals surface area contributed by atoms with E-state index < -0.39 is 0 Å². The molecule has 1 amide bonds. The molecule has 0 spiro atoms. The van der Waals surface area contributed by atoms with Gasteiger partial charge in [-0.05, 0) is 51.5 Å². The Kier molecular flexibility index (Phi) is 3.38. The van der Waals surface area contributed by atoms with Gasteiger partial charge < -0.3 is 4.52 Å². The van der Waals surface area contributed by atoms with Crippen molar-refractivity contribution in [2.75, 3.05) is 5.32 Å².